The second kappa shape index (κ2) is 8.20. The molecule has 2 aromatic rings. The van der Waals surface area contributed by atoms with Crippen LogP contribution in [0.4, 0.5) is 5.69 Å². The Morgan fingerprint density at radius 2 is 1.96 bits per heavy atom. The number of halogens is 1. The van der Waals surface area contributed by atoms with E-state index in [-0.39, 0.29) is 17.9 Å². The molecule has 1 N–H and O–H groups in total. The number of piperidine rings is 1. The van der Waals surface area contributed by atoms with Crippen LogP contribution >= 0.6 is 22.6 Å². The van der Waals surface area contributed by atoms with Crippen LogP contribution in [0.5, 0.6) is 0 Å². The summed E-state index contributed by atoms with van der Waals surface area (Å²) in [4.78, 5) is 27.7. The van der Waals surface area contributed by atoms with Crippen LogP contribution in [-0.4, -0.2) is 29.3 Å². The number of likely N-dealkylation sites (tertiary alicyclic amines) is 1. The topological polar surface area (TPSA) is 49.4 Å². The number of anilines is 1. The van der Waals surface area contributed by atoms with Gasteiger partial charge in [-0.3, -0.25) is 9.59 Å². The van der Waals surface area contributed by atoms with Gasteiger partial charge in [0.15, 0.2) is 0 Å². The van der Waals surface area contributed by atoms with Gasteiger partial charge in [-0.25, -0.2) is 0 Å². The Hall–Kier alpha value is -1.89. The van der Waals surface area contributed by atoms with Crippen molar-refractivity contribution >= 4 is 40.1 Å². The van der Waals surface area contributed by atoms with Crippen LogP contribution in [0.1, 0.15) is 52.5 Å². The summed E-state index contributed by atoms with van der Waals surface area (Å²) >= 11 is 2.20. The molecule has 2 amide bonds. The van der Waals surface area contributed by atoms with Crippen LogP contribution in [0.3, 0.4) is 0 Å². The van der Waals surface area contributed by atoms with Crippen molar-refractivity contribution in [3.63, 3.8) is 0 Å². The number of hydrogen-bond donors (Lipinski definition) is 1. The van der Waals surface area contributed by atoms with E-state index in [1.54, 1.807) is 6.07 Å². The van der Waals surface area contributed by atoms with Crippen LogP contribution in [0.2, 0.25) is 0 Å². The molecule has 3 rings (SSSR count). The summed E-state index contributed by atoms with van der Waals surface area (Å²) in [6.45, 7) is 4.82. The summed E-state index contributed by atoms with van der Waals surface area (Å²) in [5.74, 6) is -0.203. The van der Waals surface area contributed by atoms with Gasteiger partial charge in [-0.15, -0.1) is 0 Å². The van der Waals surface area contributed by atoms with E-state index >= 15 is 0 Å². The van der Waals surface area contributed by atoms with Crippen molar-refractivity contribution in [1.29, 1.82) is 0 Å². The minimum absolute atomic E-state index is 0.00439. The van der Waals surface area contributed by atoms with Gasteiger partial charge in [-0.1, -0.05) is 17.7 Å². The van der Waals surface area contributed by atoms with E-state index in [1.165, 1.54) is 0 Å². The molecule has 2 aromatic carbocycles. The molecular formula is C21H23IN2O2. The molecule has 1 heterocycles. The Balaban J connectivity index is 1.88. The minimum Gasteiger partial charge on any atom is -0.336 e. The highest BCUT2D eigenvalue weighted by Crippen LogP contribution is 2.25. The molecule has 0 aromatic heterocycles. The maximum absolute atomic E-state index is 13.1. The van der Waals surface area contributed by atoms with E-state index in [1.807, 2.05) is 48.2 Å². The zero-order chi connectivity index (χ0) is 18.7. The summed E-state index contributed by atoms with van der Waals surface area (Å²) in [5.41, 5.74) is 2.75. The molecule has 0 unspecified atom stereocenters. The second-order valence-electron chi connectivity index (χ2n) is 6.86. The van der Waals surface area contributed by atoms with E-state index < -0.39 is 0 Å². The first-order valence-corrected chi connectivity index (χ1v) is 10.0. The average Bonchev–Trinajstić information content (AvgIpc) is 2.63. The van der Waals surface area contributed by atoms with Gasteiger partial charge < -0.3 is 10.2 Å². The van der Waals surface area contributed by atoms with E-state index in [4.69, 9.17) is 0 Å². The lowest BCUT2D eigenvalue weighted by Gasteiger charge is -2.34. The van der Waals surface area contributed by atoms with Crippen molar-refractivity contribution in [2.24, 2.45) is 0 Å². The third-order valence-corrected chi connectivity index (χ3v) is 5.48. The lowest BCUT2D eigenvalue weighted by atomic mass is 10.0. The third-order valence-electron chi connectivity index (χ3n) is 4.80. The third kappa shape index (κ3) is 4.26. The molecule has 0 bridgehead atoms. The molecule has 4 nitrogen and oxygen atoms in total. The Labute approximate surface area is 168 Å². The van der Waals surface area contributed by atoms with Crippen LogP contribution in [0.15, 0.2) is 42.5 Å². The number of aryl methyl sites for hydroxylation is 1. The van der Waals surface area contributed by atoms with E-state index in [0.717, 1.165) is 34.9 Å². The number of nitrogens with one attached hydrogen (secondary N) is 1. The summed E-state index contributed by atoms with van der Waals surface area (Å²) in [6.07, 6.45) is 3.22. The number of hydrogen-bond acceptors (Lipinski definition) is 2. The zero-order valence-electron chi connectivity index (χ0n) is 15.1. The number of carbonyl (C=O) groups is 2. The standard InChI is InChI=1S/C21H23IN2O2/c1-14-6-5-8-16(12-14)20(25)23-19-10-9-17(22)13-18(19)21(26)24-11-4-3-7-15(24)2/h5-6,8-10,12-13,15H,3-4,7,11H2,1-2H3,(H,23,25)/t15-/m0/s1. The molecule has 5 heteroatoms. The van der Waals surface area contributed by atoms with Gasteiger partial charge in [0.25, 0.3) is 11.8 Å². The van der Waals surface area contributed by atoms with E-state index in [0.29, 0.717) is 16.8 Å². The van der Waals surface area contributed by atoms with Crippen molar-refractivity contribution < 1.29 is 9.59 Å². The first-order valence-electron chi connectivity index (χ1n) is 8.94. The minimum atomic E-state index is -0.198. The highest BCUT2D eigenvalue weighted by molar-refractivity contribution is 14.1. The van der Waals surface area contributed by atoms with Gasteiger partial charge in [0.05, 0.1) is 11.3 Å². The van der Waals surface area contributed by atoms with Crippen molar-refractivity contribution in [2.75, 3.05) is 11.9 Å². The predicted octanol–water partition coefficient (Wildman–Crippen LogP) is 4.87. The summed E-state index contributed by atoms with van der Waals surface area (Å²) in [5, 5.41) is 2.93. The summed E-state index contributed by atoms with van der Waals surface area (Å²) < 4.78 is 0.976. The molecule has 1 aliphatic rings. The lowest BCUT2D eigenvalue weighted by molar-refractivity contribution is 0.0636. The molecule has 0 saturated carbocycles. The van der Waals surface area contributed by atoms with Crippen molar-refractivity contribution in [3.05, 3.63) is 62.7 Å². The fraction of sp³-hybridized carbons (Fsp3) is 0.333. The van der Waals surface area contributed by atoms with Crippen LogP contribution in [0, 0.1) is 10.5 Å². The van der Waals surface area contributed by atoms with Crippen LogP contribution in [-0.2, 0) is 0 Å². The molecule has 1 fully saturated rings. The highest BCUT2D eigenvalue weighted by Gasteiger charge is 2.26. The van der Waals surface area contributed by atoms with Crippen LogP contribution in [0.25, 0.3) is 0 Å². The number of rotatable bonds is 3. The molecule has 1 atom stereocenters. The van der Waals surface area contributed by atoms with Gasteiger partial charge in [0, 0.05) is 21.7 Å². The fourth-order valence-corrected chi connectivity index (χ4v) is 3.83. The Morgan fingerprint density at radius 1 is 1.15 bits per heavy atom. The normalized spacial score (nSPS) is 17.0. The molecule has 0 spiro atoms. The monoisotopic (exact) mass is 462 g/mol. The van der Waals surface area contributed by atoms with Gasteiger partial charge in [-0.2, -0.15) is 0 Å². The van der Waals surface area contributed by atoms with Gasteiger partial charge in [0.1, 0.15) is 0 Å². The van der Waals surface area contributed by atoms with Crippen molar-refractivity contribution in [3.8, 4) is 0 Å². The molecular weight excluding hydrogens is 439 g/mol. The Morgan fingerprint density at radius 3 is 2.69 bits per heavy atom. The molecule has 26 heavy (non-hydrogen) atoms. The first kappa shape index (κ1) is 18.9. The Bertz CT molecular complexity index is 835. The predicted molar refractivity (Wildman–Crippen MR) is 113 cm³/mol. The SMILES string of the molecule is Cc1cccc(C(=O)Nc2ccc(I)cc2C(=O)N2CCCC[C@@H]2C)c1. The molecule has 1 aliphatic heterocycles. The van der Waals surface area contributed by atoms with Crippen LogP contribution < -0.4 is 5.32 Å². The quantitative estimate of drug-likeness (QED) is 0.663. The fourth-order valence-electron chi connectivity index (χ4n) is 3.34. The average molecular weight is 462 g/mol. The van der Waals surface area contributed by atoms with Gasteiger partial charge in [-0.05, 0) is 86.0 Å². The van der Waals surface area contributed by atoms with Crippen molar-refractivity contribution in [2.45, 2.75) is 39.2 Å². The van der Waals surface area contributed by atoms with Crippen molar-refractivity contribution in [1.82, 2.24) is 4.90 Å². The number of carbonyl (C=O) groups excluding carboxylic acids is 2. The maximum Gasteiger partial charge on any atom is 0.256 e. The zero-order valence-corrected chi connectivity index (χ0v) is 17.2. The number of benzene rings is 2. The molecule has 136 valence electrons. The smallest absolute Gasteiger partial charge is 0.256 e. The maximum atomic E-state index is 13.1. The highest BCUT2D eigenvalue weighted by atomic mass is 127. The molecule has 0 aliphatic carbocycles. The van der Waals surface area contributed by atoms with Gasteiger partial charge >= 0.3 is 0 Å². The summed E-state index contributed by atoms with van der Waals surface area (Å²) in [6, 6.07) is 13.2. The van der Waals surface area contributed by atoms with Gasteiger partial charge in [0.2, 0.25) is 0 Å². The second-order valence-corrected chi connectivity index (χ2v) is 8.10. The molecule has 0 radical (unpaired) electrons. The van der Waals surface area contributed by atoms with E-state index in [2.05, 4.69) is 34.8 Å². The first-order chi connectivity index (χ1) is 12.5. The lowest BCUT2D eigenvalue weighted by Crippen LogP contribution is -2.42. The van der Waals surface area contributed by atoms with E-state index in [9.17, 15) is 9.59 Å². The number of nitrogens with zero attached hydrogens (tertiary/aromatic N) is 1. The summed E-state index contributed by atoms with van der Waals surface area (Å²) in [7, 11) is 0. The Kier molecular flexibility index (Phi) is 5.96. The number of amides is 2. The largest absolute Gasteiger partial charge is 0.336 e. The molecule has 1 saturated heterocycles.